The van der Waals surface area contributed by atoms with E-state index in [9.17, 15) is 14.4 Å². The molecule has 0 aliphatic heterocycles. The van der Waals surface area contributed by atoms with Crippen LogP contribution in [0.5, 0.6) is 0 Å². The lowest BCUT2D eigenvalue weighted by Gasteiger charge is -2.21. The lowest BCUT2D eigenvalue weighted by atomic mass is 10.0. The minimum absolute atomic E-state index is 0.123. The van der Waals surface area contributed by atoms with Crippen molar-refractivity contribution in [3.8, 4) is 0 Å². The lowest BCUT2D eigenvalue weighted by Crippen LogP contribution is -2.51. The number of nitrogens with zero attached hydrogens (tertiary/aromatic N) is 2. The Morgan fingerprint density at radius 1 is 1.11 bits per heavy atom. The van der Waals surface area contributed by atoms with E-state index in [-0.39, 0.29) is 11.6 Å². The van der Waals surface area contributed by atoms with E-state index >= 15 is 0 Å². The summed E-state index contributed by atoms with van der Waals surface area (Å²) in [5.74, 6) is -0.651. The number of nitrogens with one attached hydrogen (secondary N) is 2. The first kappa shape index (κ1) is 20.2. The van der Waals surface area contributed by atoms with Crippen LogP contribution in [0.3, 0.4) is 0 Å². The Kier molecular flexibility index (Phi) is 7.61. The van der Waals surface area contributed by atoms with Crippen molar-refractivity contribution in [2.45, 2.75) is 38.8 Å². The molecule has 0 aliphatic rings. The Bertz CT molecular complexity index is 750. The highest BCUT2D eigenvalue weighted by Crippen LogP contribution is 2.07. The number of carbonyl (C=O) groups excluding carboxylic acids is 3. The van der Waals surface area contributed by atoms with E-state index < -0.39 is 23.9 Å². The number of carbonyl (C=O) groups is 3. The van der Waals surface area contributed by atoms with E-state index in [2.05, 4.69) is 20.6 Å². The van der Waals surface area contributed by atoms with Gasteiger partial charge in [-0.1, -0.05) is 44.2 Å². The average molecular weight is 368 g/mol. The second kappa shape index (κ2) is 10.2. The first-order valence-corrected chi connectivity index (χ1v) is 8.86. The molecule has 0 unspecified atom stereocenters. The smallest absolute Gasteiger partial charge is 0.272 e. The van der Waals surface area contributed by atoms with Gasteiger partial charge in [0.25, 0.3) is 5.91 Å². The fourth-order valence-electron chi connectivity index (χ4n) is 2.65. The highest BCUT2D eigenvalue weighted by Gasteiger charge is 2.25. The van der Waals surface area contributed by atoms with E-state index in [1.54, 1.807) is 0 Å². The average Bonchev–Trinajstić information content (AvgIpc) is 2.68. The predicted octanol–water partition coefficient (Wildman–Crippen LogP) is 1.55. The van der Waals surface area contributed by atoms with Crippen LogP contribution in [0, 0.1) is 5.92 Å². The van der Waals surface area contributed by atoms with Crippen molar-refractivity contribution in [1.82, 2.24) is 20.6 Å². The van der Waals surface area contributed by atoms with E-state index in [1.165, 1.54) is 18.6 Å². The minimum atomic E-state index is -0.837. The van der Waals surface area contributed by atoms with Gasteiger partial charge in [-0.3, -0.25) is 14.6 Å². The van der Waals surface area contributed by atoms with E-state index in [0.717, 1.165) is 11.8 Å². The summed E-state index contributed by atoms with van der Waals surface area (Å²) >= 11 is 0. The SMILES string of the molecule is CC(C)C[C@@H](C=O)NC(=O)[C@H](Cc1ccccc1)NC(=O)c1cnccn1. The summed E-state index contributed by atoms with van der Waals surface area (Å²) < 4.78 is 0. The van der Waals surface area contributed by atoms with Crippen LogP contribution < -0.4 is 10.6 Å². The molecule has 2 atom stereocenters. The molecule has 0 radical (unpaired) electrons. The van der Waals surface area contributed by atoms with Crippen LogP contribution in [-0.4, -0.2) is 40.2 Å². The summed E-state index contributed by atoms with van der Waals surface area (Å²) in [5, 5.41) is 5.41. The van der Waals surface area contributed by atoms with Crippen LogP contribution in [0.25, 0.3) is 0 Å². The minimum Gasteiger partial charge on any atom is -0.345 e. The molecule has 0 saturated heterocycles. The van der Waals surface area contributed by atoms with Gasteiger partial charge < -0.3 is 15.4 Å². The Balaban J connectivity index is 2.14. The molecule has 1 aromatic carbocycles. The van der Waals surface area contributed by atoms with Gasteiger partial charge in [-0.05, 0) is 17.9 Å². The Hall–Kier alpha value is -3.09. The number of aromatic nitrogens is 2. The largest absolute Gasteiger partial charge is 0.345 e. The normalized spacial score (nSPS) is 12.9. The number of benzene rings is 1. The van der Waals surface area contributed by atoms with Gasteiger partial charge in [0.2, 0.25) is 5.91 Å². The molecular weight excluding hydrogens is 344 g/mol. The summed E-state index contributed by atoms with van der Waals surface area (Å²) in [5.41, 5.74) is 1.01. The third-order valence-electron chi connectivity index (χ3n) is 3.92. The number of aldehydes is 1. The molecule has 0 fully saturated rings. The predicted molar refractivity (Wildman–Crippen MR) is 101 cm³/mol. The van der Waals surface area contributed by atoms with Gasteiger partial charge in [0.15, 0.2) is 0 Å². The van der Waals surface area contributed by atoms with Crippen LogP contribution in [-0.2, 0) is 16.0 Å². The zero-order chi connectivity index (χ0) is 19.6. The van der Waals surface area contributed by atoms with E-state index in [1.807, 2.05) is 44.2 Å². The molecule has 0 spiro atoms. The molecule has 1 aromatic heterocycles. The van der Waals surface area contributed by atoms with Crippen LogP contribution >= 0.6 is 0 Å². The molecule has 142 valence electrons. The Labute approximate surface area is 158 Å². The van der Waals surface area contributed by atoms with E-state index in [4.69, 9.17) is 0 Å². The second-order valence-electron chi connectivity index (χ2n) is 6.69. The molecule has 2 aromatic rings. The number of amides is 2. The highest BCUT2D eigenvalue weighted by atomic mass is 16.2. The molecule has 2 N–H and O–H groups in total. The molecule has 0 saturated carbocycles. The summed E-state index contributed by atoms with van der Waals surface area (Å²) in [6.07, 6.45) is 5.76. The Morgan fingerprint density at radius 3 is 2.44 bits per heavy atom. The highest BCUT2D eigenvalue weighted by molar-refractivity contribution is 5.96. The molecule has 0 aliphatic carbocycles. The van der Waals surface area contributed by atoms with Gasteiger partial charge >= 0.3 is 0 Å². The summed E-state index contributed by atoms with van der Waals surface area (Å²) in [6, 6.07) is 7.92. The number of hydrogen-bond donors (Lipinski definition) is 2. The van der Waals surface area contributed by atoms with Crippen molar-refractivity contribution in [3.63, 3.8) is 0 Å². The zero-order valence-electron chi connectivity index (χ0n) is 15.5. The maximum Gasteiger partial charge on any atom is 0.272 e. The monoisotopic (exact) mass is 368 g/mol. The molecule has 2 amide bonds. The quantitative estimate of drug-likeness (QED) is 0.654. The van der Waals surface area contributed by atoms with Gasteiger partial charge in [-0.15, -0.1) is 0 Å². The summed E-state index contributed by atoms with van der Waals surface area (Å²) in [6.45, 7) is 3.94. The van der Waals surface area contributed by atoms with Crippen LogP contribution in [0.2, 0.25) is 0 Å². The molecule has 7 nitrogen and oxygen atoms in total. The van der Waals surface area contributed by atoms with Crippen LogP contribution in [0.1, 0.15) is 36.3 Å². The summed E-state index contributed by atoms with van der Waals surface area (Å²) in [4.78, 5) is 44.3. The van der Waals surface area contributed by atoms with Crippen LogP contribution in [0.4, 0.5) is 0 Å². The van der Waals surface area contributed by atoms with Crippen molar-refractivity contribution in [3.05, 3.63) is 60.2 Å². The number of hydrogen-bond acceptors (Lipinski definition) is 5. The fraction of sp³-hybridized carbons (Fsp3) is 0.350. The molecule has 2 rings (SSSR count). The molecule has 27 heavy (non-hydrogen) atoms. The van der Waals surface area contributed by atoms with E-state index in [0.29, 0.717) is 12.8 Å². The molecule has 0 bridgehead atoms. The maximum atomic E-state index is 12.7. The third-order valence-corrected chi connectivity index (χ3v) is 3.92. The first-order valence-electron chi connectivity index (χ1n) is 8.86. The van der Waals surface area contributed by atoms with Gasteiger partial charge in [0.05, 0.1) is 12.2 Å². The standard InChI is InChI=1S/C20H24N4O3/c1-14(2)10-16(13-25)23-19(26)17(11-15-6-4-3-5-7-15)24-20(27)18-12-21-8-9-22-18/h3-9,12-14,16-17H,10-11H2,1-2H3,(H,23,26)(H,24,27)/t16-,17-/m0/s1. The van der Waals surface area contributed by atoms with Crippen molar-refractivity contribution in [1.29, 1.82) is 0 Å². The zero-order valence-corrected chi connectivity index (χ0v) is 15.5. The van der Waals surface area contributed by atoms with Crippen molar-refractivity contribution in [2.75, 3.05) is 0 Å². The summed E-state index contributed by atoms with van der Waals surface area (Å²) in [7, 11) is 0. The van der Waals surface area contributed by atoms with Gasteiger partial charge in [-0.2, -0.15) is 0 Å². The lowest BCUT2D eigenvalue weighted by molar-refractivity contribution is -0.125. The molecule has 7 heteroatoms. The van der Waals surface area contributed by atoms with Crippen molar-refractivity contribution < 1.29 is 14.4 Å². The van der Waals surface area contributed by atoms with Crippen molar-refractivity contribution >= 4 is 18.1 Å². The topological polar surface area (TPSA) is 101 Å². The fourth-order valence-corrected chi connectivity index (χ4v) is 2.65. The number of rotatable bonds is 9. The molecular formula is C20H24N4O3. The third kappa shape index (κ3) is 6.62. The molecule has 1 heterocycles. The van der Waals surface area contributed by atoms with Gasteiger partial charge in [0, 0.05) is 18.8 Å². The first-order chi connectivity index (χ1) is 13.0. The van der Waals surface area contributed by atoms with Crippen molar-refractivity contribution in [2.24, 2.45) is 5.92 Å². The maximum absolute atomic E-state index is 12.7. The Morgan fingerprint density at radius 2 is 1.85 bits per heavy atom. The van der Waals surface area contributed by atoms with Gasteiger partial charge in [-0.25, -0.2) is 4.98 Å². The van der Waals surface area contributed by atoms with Gasteiger partial charge in [0.1, 0.15) is 18.0 Å². The second-order valence-corrected chi connectivity index (χ2v) is 6.69. The van der Waals surface area contributed by atoms with Crippen LogP contribution in [0.15, 0.2) is 48.9 Å².